The number of hydrogen-bond donors (Lipinski definition) is 0. The summed E-state index contributed by atoms with van der Waals surface area (Å²) in [6.45, 7) is 4.79. The zero-order chi connectivity index (χ0) is 10.4. The average Bonchev–Trinajstić information content (AvgIpc) is 2.18. The van der Waals surface area contributed by atoms with E-state index in [0.717, 1.165) is 16.9 Å². The fraction of sp³-hybridized carbons (Fsp3) is 0.400. The maximum Gasteiger partial charge on any atom is 0.122 e. The van der Waals surface area contributed by atoms with Gasteiger partial charge in [0.05, 0.1) is 13.2 Å². The topological polar surface area (TPSA) is 58.0 Å². The zero-order valence-electron chi connectivity index (χ0n) is 8.40. The molecule has 0 saturated heterocycles. The molecule has 0 unspecified atom stereocenters. The summed E-state index contributed by atoms with van der Waals surface area (Å²) in [5, 5.41) is 3.39. The van der Waals surface area contributed by atoms with E-state index in [1.165, 1.54) is 0 Å². The molecule has 0 saturated carbocycles. The van der Waals surface area contributed by atoms with Crippen LogP contribution in [0.25, 0.3) is 10.4 Å². The van der Waals surface area contributed by atoms with Crippen molar-refractivity contribution in [1.29, 1.82) is 0 Å². The summed E-state index contributed by atoms with van der Waals surface area (Å²) in [7, 11) is 0. The molecule has 1 aromatic rings. The molecule has 0 heterocycles. The van der Waals surface area contributed by atoms with Crippen LogP contribution in [0.5, 0.6) is 5.75 Å². The molecule has 0 spiro atoms. The second kappa shape index (κ2) is 5.14. The summed E-state index contributed by atoms with van der Waals surface area (Å²) in [6, 6.07) is 6.03. The van der Waals surface area contributed by atoms with Gasteiger partial charge in [-0.25, -0.2) is 0 Å². The Morgan fingerprint density at radius 1 is 1.43 bits per heavy atom. The highest BCUT2D eigenvalue weighted by atomic mass is 16.5. The number of nitrogens with zero attached hydrogens (tertiary/aromatic N) is 3. The van der Waals surface area contributed by atoms with Crippen LogP contribution < -0.4 is 4.74 Å². The number of hydrogen-bond acceptors (Lipinski definition) is 2. The summed E-state index contributed by atoms with van der Waals surface area (Å²) in [5.41, 5.74) is 10.3. The monoisotopic (exact) mass is 191 g/mol. The first-order valence-electron chi connectivity index (χ1n) is 4.45. The maximum absolute atomic E-state index is 8.06. The lowest BCUT2D eigenvalue weighted by Gasteiger charge is -2.08. The molecule has 1 aromatic carbocycles. The Hall–Kier alpha value is -1.67. The summed E-state index contributed by atoms with van der Waals surface area (Å²) in [5.74, 6) is 0.859. The molecule has 1 rings (SSSR count). The second-order valence-corrected chi connectivity index (χ2v) is 3.07. The van der Waals surface area contributed by atoms with E-state index in [4.69, 9.17) is 10.3 Å². The summed E-state index contributed by atoms with van der Waals surface area (Å²) in [6.07, 6.45) is 0. The molecule has 0 aliphatic carbocycles. The Balaban J connectivity index is 2.57. The Bertz CT molecular complexity index is 356. The lowest BCUT2D eigenvalue weighted by Crippen LogP contribution is -2.01. The fourth-order valence-electron chi connectivity index (χ4n) is 1.10. The van der Waals surface area contributed by atoms with E-state index < -0.39 is 0 Å². The van der Waals surface area contributed by atoms with Crippen LogP contribution in [0.1, 0.15) is 11.1 Å². The third kappa shape index (κ3) is 2.99. The van der Waals surface area contributed by atoms with Crippen molar-refractivity contribution < 1.29 is 4.74 Å². The quantitative estimate of drug-likeness (QED) is 0.312. The van der Waals surface area contributed by atoms with E-state index in [2.05, 4.69) is 10.0 Å². The predicted molar refractivity (Wildman–Crippen MR) is 55.4 cm³/mol. The number of ether oxygens (including phenoxy) is 1. The van der Waals surface area contributed by atoms with Gasteiger partial charge in [0.15, 0.2) is 0 Å². The van der Waals surface area contributed by atoms with E-state index in [0.29, 0.717) is 13.2 Å². The van der Waals surface area contributed by atoms with E-state index in [1.54, 1.807) is 0 Å². The van der Waals surface area contributed by atoms with Gasteiger partial charge in [0.25, 0.3) is 0 Å². The zero-order valence-corrected chi connectivity index (χ0v) is 8.40. The molecule has 0 aromatic heterocycles. The van der Waals surface area contributed by atoms with Gasteiger partial charge in [0.1, 0.15) is 5.75 Å². The summed E-state index contributed by atoms with van der Waals surface area (Å²) in [4.78, 5) is 2.65. The van der Waals surface area contributed by atoms with Crippen LogP contribution in [0.2, 0.25) is 0 Å². The lowest BCUT2D eigenvalue weighted by atomic mass is 10.1. The molecule has 0 atom stereocenters. The first kappa shape index (κ1) is 10.4. The smallest absolute Gasteiger partial charge is 0.122 e. The van der Waals surface area contributed by atoms with Gasteiger partial charge in [-0.05, 0) is 36.6 Å². The van der Waals surface area contributed by atoms with Crippen molar-refractivity contribution in [3.8, 4) is 5.75 Å². The highest BCUT2D eigenvalue weighted by molar-refractivity contribution is 5.35. The lowest BCUT2D eigenvalue weighted by molar-refractivity contribution is 0.326. The first-order valence-corrected chi connectivity index (χ1v) is 4.45. The molecular weight excluding hydrogens is 178 g/mol. The molecular formula is C10H13N3O. The number of azide groups is 1. The Labute approximate surface area is 83.1 Å². The van der Waals surface area contributed by atoms with Crippen molar-refractivity contribution in [3.63, 3.8) is 0 Å². The van der Waals surface area contributed by atoms with E-state index in [-0.39, 0.29) is 0 Å². The molecule has 74 valence electrons. The fourth-order valence-corrected chi connectivity index (χ4v) is 1.10. The molecule has 0 amide bonds. The number of aryl methyl sites for hydroxylation is 2. The van der Waals surface area contributed by atoms with Gasteiger partial charge < -0.3 is 4.74 Å². The standard InChI is InChI=1S/C10H13N3O/c1-8-3-4-9(2)10(7-8)14-6-5-12-13-11/h3-4,7H,5-6H2,1-2H3. The van der Waals surface area contributed by atoms with Gasteiger partial charge in [-0.1, -0.05) is 17.2 Å². The third-order valence-electron chi connectivity index (χ3n) is 1.86. The van der Waals surface area contributed by atoms with Crippen molar-refractivity contribution in [1.82, 2.24) is 0 Å². The molecule has 4 heteroatoms. The van der Waals surface area contributed by atoms with Crippen molar-refractivity contribution in [2.24, 2.45) is 5.11 Å². The normalized spacial score (nSPS) is 9.29. The molecule has 4 nitrogen and oxygen atoms in total. The van der Waals surface area contributed by atoms with Gasteiger partial charge in [-0.3, -0.25) is 0 Å². The van der Waals surface area contributed by atoms with Crippen LogP contribution >= 0.6 is 0 Å². The Morgan fingerprint density at radius 3 is 2.93 bits per heavy atom. The minimum atomic E-state index is 0.365. The maximum atomic E-state index is 8.06. The number of benzene rings is 1. The molecule has 0 fully saturated rings. The van der Waals surface area contributed by atoms with Gasteiger partial charge in [0.2, 0.25) is 0 Å². The minimum Gasteiger partial charge on any atom is -0.493 e. The second-order valence-electron chi connectivity index (χ2n) is 3.07. The highest BCUT2D eigenvalue weighted by Crippen LogP contribution is 2.18. The van der Waals surface area contributed by atoms with Crippen LogP contribution in [0.3, 0.4) is 0 Å². The molecule has 0 N–H and O–H groups in total. The molecule has 0 aliphatic heterocycles. The largest absolute Gasteiger partial charge is 0.493 e. The van der Waals surface area contributed by atoms with E-state index >= 15 is 0 Å². The number of rotatable bonds is 4. The summed E-state index contributed by atoms with van der Waals surface area (Å²) >= 11 is 0. The van der Waals surface area contributed by atoms with E-state index in [1.807, 2.05) is 32.0 Å². The first-order chi connectivity index (χ1) is 6.74. The third-order valence-corrected chi connectivity index (χ3v) is 1.86. The van der Waals surface area contributed by atoms with Crippen LogP contribution in [-0.4, -0.2) is 13.2 Å². The Morgan fingerprint density at radius 2 is 2.21 bits per heavy atom. The molecule has 0 radical (unpaired) electrons. The van der Waals surface area contributed by atoms with E-state index in [9.17, 15) is 0 Å². The van der Waals surface area contributed by atoms with Crippen molar-refractivity contribution >= 4 is 0 Å². The van der Waals surface area contributed by atoms with Crippen LogP contribution in [-0.2, 0) is 0 Å². The SMILES string of the molecule is Cc1ccc(C)c(OCCN=[N+]=[N-])c1. The molecule has 0 bridgehead atoms. The van der Waals surface area contributed by atoms with Crippen molar-refractivity contribution in [2.45, 2.75) is 13.8 Å². The Kier molecular flexibility index (Phi) is 3.83. The summed E-state index contributed by atoms with van der Waals surface area (Å²) < 4.78 is 5.45. The minimum absolute atomic E-state index is 0.365. The molecule has 14 heavy (non-hydrogen) atoms. The molecule has 0 aliphatic rings. The van der Waals surface area contributed by atoms with Gasteiger partial charge in [0, 0.05) is 4.91 Å². The predicted octanol–water partition coefficient (Wildman–Crippen LogP) is 2.99. The van der Waals surface area contributed by atoms with Crippen molar-refractivity contribution in [3.05, 3.63) is 39.8 Å². The van der Waals surface area contributed by atoms with Gasteiger partial charge in [-0.15, -0.1) is 0 Å². The highest BCUT2D eigenvalue weighted by Gasteiger charge is 1.98. The van der Waals surface area contributed by atoms with Crippen LogP contribution in [0, 0.1) is 13.8 Å². The van der Waals surface area contributed by atoms with Crippen LogP contribution in [0.15, 0.2) is 23.3 Å². The van der Waals surface area contributed by atoms with Crippen LogP contribution in [0.4, 0.5) is 0 Å². The average molecular weight is 191 g/mol. The van der Waals surface area contributed by atoms with Crippen molar-refractivity contribution in [2.75, 3.05) is 13.2 Å². The van der Waals surface area contributed by atoms with Gasteiger partial charge in [-0.2, -0.15) is 0 Å². The van der Waals surface area contributed by atoms with Gasteiger partial charge >= 0.3 is 0 Å².